The Morgan fingerprint density at radius 2 is 2.16 bits per heavy atom. The largest absolute Gasteiger partial charge is 0.367 e. The molecule has 1 amide bonds. The van der Waals surface area contributed by atoms with Crippen LogP contribution >= 0.6 is 15.9 Å². The fourth-order valence-corrected chi connectivity index (χ4v) is 1.92. The van der Waals surface area contributed by atoms with E-state index in [-0.39, 0.29) is 24.4 Å². The molecule has 1 heterocycles. The smallest absolute Gasteiger partial charge is 0.242 e. The van der Waals surface area contributed by atoms with Crippen LogP contribution in [0.3, 0.4) is 0 Å². The number of carbonyl (C=O) groups excluding carboxylic acids is 1. The van der Waals surface area contributed by atoms with Crippen molar-refractivity contribution in [1.82, 2.24) is 20.1 Å². The molecule has 0 spiro atoms. The van der Waals surface area contributed by atoms with Crippen LogP contribution in [-0.4, -0.2) is 20.7 Å². The first-order chi connectivity index (χ1) is 9.04. The fraction of sp³-hybridized carbons (Fsp3) is 0.250. The zero-order chi connectivity index (χ0) is 13.8. The van der Waals surface area contributed by atoms with E-state index >= 15 is 0 Å². The quantitative estimate of drug-likeness (QED) is 0.892. The van der Waals surface area contributed by atoms with Gasteiger partial charge in [-0.3, -0.25) is 4.79 Å². The molecule has 0 aliphatic rings. The summed E-state index contributed by atoms with van der Waals surface area (Å²) in [7, 11) is 0. The van der Waals surface area contributed by atoms with Gasteiger partial charge in [0.05, 0.1) is 6.04 Å². The predicted molar refractivity (Wildman–Crippen MR) is 75.1 cm³/mol. The average molecular weight is 324 g/mol. The van der Waals surface area contributed by atoms with Gasteiger partial charge in [-0.2, -0.15) is 0 Å². The summed E-state index contributed by atoms with van der Waals surface area (Å²) in [6, 6.07) is 7.73. The van der Waals surface area contributed by atoms with Crippen molar-refractivity contribution in [3.05, 3.63) is 40.6 Å². The molecule has 0 radical (unpaired) electrons. The first-order valence-corrected chi connectivity index (χ1v) is 6.53. The second-order valence-electron chi connectivity index (χ2n) is 4.14. The third-order valence-corrected chi connectivity index (χ3v) is 3.14. The number of nitrogens with two attached hydrogens (primary N) is 1. The number of aromatic nitrogens is 3. The van der Waals surface area contributed by atoms with Crippen molar-refractivity contribution in [2.24, 2.45) is 0 Å². The van der Waals surface area contributed by atoms with E-state index in [0.29, 0.717) is 0 Å². The van der Waals surface area contributed by atoms with Crippen LogP contribution in [-0.2, 0) is 11.3 Å². The molecule has 2 rings (SSSR count). The third-order valence-electron chi connectivity index (χ3n) is 2.61. The summed E-state index contributed by atoms with van der Waals surface area (Å²) in [4.78, 5) is 15.6. The molecular weight excluding hydrogens is 310 g/mol. The highest BCUT2D eigenvalue weighted by atomic mass is 79.9. The van der Waals surface area contributed by atoms with Gasteiger partial charge in [0.15, 0.2) is 0 Å². The van der Waals surface area contributed by atoms with Gasteiger partial charge in [0.1, 0.15) is 12.9 Å². The SMILES string of the molecule is C[C@H](NC(=O)Cn1cnc(N)n1)c1ccc(Br)cc1. The lowest BCUT2D eigenvalue weighted by molar-refractivity contribution is -0.122. The van der Waals surface area contributed by atoms with Gasteiger partial charge in [-0.15, -0.1) is 5.10 Å². The van der Waals surface area contributed by atoms with E-state index in [2.05, 4.69) is 31.3 Å². The Kier molecular flexibility index (Phi) is 4.16. The molecule has 6 nitrogen and oxygen atoms in total. The second kappa shape index (κ2) is 5.83. The number of nitrogens with zero attached hydrogens (tertiary/aromatic N) is 3. The summed E-state index contributed by atoms with van der Waals surface area (Å²) in [5, 5.41) is 6.75. The summed E-state index contributed by atoms with van der Waals surface area (Å²) < 4.78 is 2.41. The maximum Gasteiger partial charge on any atom is 0.242 e. The summed E-state index contributed by atoms with van der Waals surface area (Å²) >= 11 is 3.37. The van der Waals surface area contributed by atoms with Gasteiger partial charge in [0.25, 0.3) is 0 Å². The second-order valence-corrected chi connectivity index (χ2v) is 5.06. The van der Waals surface area contributed by atoms with Crippen molar-refractivity contribution in [2.45, 2.75) is 19.5 Å². The maximum atomic E-state index is 11.8. The Labute approximate surface area is 119 Å². The molecule has 2 aromatic rings. The first kappa shape index (κ1) is 13.5. The zero-order valence-electron chi connectivity index (χ0n) is 10.4. The van der Waals surface area contributed by atoms with Gasteiger partial charge in [-0.25, -0.2) is 9.67 Å². The van der Waals surface area contributed by atoms with Crippen LogP contribution in [0.25, 0.3) is 0 Å². The maximum absolute atomic E-state index is 11.8. The Bertz CT molecular complexity index is 566. The Morgan fingerprint density at radius 3 is 2.74 bits per heavy atom. The first-order valence-electron chi connectivity index (χ1n) is 5.74. The molecule has 0 bridgehead atoms. The monoisotopic (exact) mass is 323 g/mol. The molecule has 1 aromatic heterocycles. The molecule has 0 fully saturated rings. The van der Waals surface area contributed by atoms with E-state index in [1.54, 1.807) is 0 Å². The highest BCUT2D eigenvalue weighted by Crippen LogP contribution is 2.16. The number of halogens is 1. The average Bonchev–Trinajstić information content (AvgIpc) is 2.75. The van der Waals surface area contributed by atoms with Crippen molar-refractivity contribution in [3.8, 4) is 0 Å². The van der Waals surface area contributed by atoms with Crippen molar-refractivity contribution in [2.75, 3.05) is 5.73 Å². The Morgan fingerprint density at radius 1 is 1.47 bits per heavy atom. The molecule has 0 unspecified atom stereocenters. The summed E-state index contributed by atoms with van der Waals surface area (Å²) in [5.41, 5.74) is 6.42. The summed E-state index contributed by atoms with van der Waals surface area (Å²) in [5.74, 6) is 0.0223. The number of anilines is 1. The van der Waals surface area contributed by atoms with Crippen LogP contribution in [0, 0.1) is 0 Å². The van der Waals surface area contributed by atoms with Crippen molar-refractivity contribution < 1.29 is 4.79 Å². The van der Waals surface area contributed by atoms with E-state index in [0.717, 1.165) is 10.0 Å². The molecule has 1 atom stereocenters. The minimum Gasteiger partial charge on any atom is -0.367 e. The zero-order valence-corrected chi connectivity index (χ0v) is 12.0. The molecule has 0 saturated heterocycles. The Balaban J connectivity index is 1.93. The van der Waals surface area contributed by atoms with Gasteiger partial charge in [-0.1, -0.05) is 28.1 Å². The van der Waals surface area contributed by atoms with Crippen LogP contribution in [0.2, 0.25) is 0 Å². The minimum absolute atomic E-state index is 0.0681. The normalized spacial score (nSPS) is 12.1. The standard InChI is InChI=1S/C12H14BrN5O/c1-8(9-2-4-10(13)5-3-9)16-11(19)6-18-7-15-12(14)17-18/h2-5,7-8H,6H2,1H3,(H2,14,17)(H,16,19)/t8-/m0/s1. The van der Waals surface area contributed by atoms with Gasteiger partial charge in [-0.05, 0) is 24.6 Å². The lowest BCUT2D eigenvalue weighted by Crippen LogP contribution is -2.30. The number of hydrogen-bond acceptors (Lipinski definition) is 4. The third kappa shape index (κ3) is 3.78. The number of hydrogen-bond donors (Lipinski definition) is 2. The molecule has 19 heavy (non-hydrogen) atoms. The van der Waals surface area contributed by atoms with E-state index in [1.807, 2.05) is 31.2 Å². The van der Waals surface area contributed by atoms with Crippen LogP contribution in [0.4, 0.5) is 5.95 Å². The molecule has 1 aromatic carbocycles. The Hall–Kier alpha value is -1.89. The molecule has 0 saturated carbocycles. The molecule has 7 heteroatoms. The molecule has 3 N–H and O–H groups in total. The van der Waals surface area contributed by atoms with Gasteiger partial charge >= 0.3 is 0 Å². The van der Waals surface area contributed by atoms with Gasteiger partial charge < -0.3 is 11.1 Å². The topological polar surface area (TPSA) is 85.8 Å². The van der Waals surface area contributed by atoms with Crippen molar-refractivity contribution in [1.29, 1.82) is 0 Å². The van der Waals surface area contributed by atoms with E-state index in [1.165, 1.54) is 11.0 Å². The number of amides is 1. The molecule has 0 aliphatic heterocycles. The fourth-order valence-electron chi connectivity index (χ4n) is 1.65. The molecular formula is C12H14BrN5O. The number of benzene rings is 1. The summed E-state index contributed by atoms with van der Waals surface area (Å²) in [6.45, 7) is 2.03. The number of nitrogens with one attached hydrogen (secondary N) is 1. The van der Waals surface area contributed by atoms with E-state index in [9.17, 15) is 4.79 Å². The highest BCUT2D eigenvalue weighted by Gasteiger charge is 2.10. The number of rotatable bonds is 4. The highest BCUT2D eigenvalue weighted by molar-refractivity contribution is 9.10. The lowest BCUT2D eigenvalue weighted by Gasteiger charge is -2.14. The lowest BCUT2D eigenvalue weighted by atomic mass is 10.1. The molecule has 100 valence electrons. The van der Waals surface area contributed by atoms with Crippen LogP contribution in [0.1, 0.15) is 18.5 Å². The number of carbonyl (C=O) groups is 1. The molecule has 0 aliphatic carbocycles. The van der Waals surface area contributed by atoms with E-state index in [4.69, 9.17) is 5.73 Å². The van der Waals surface area contributed by atoms with Crippen LogP contribution < -0.4 is 11.1 Å². The summed E-state index contributed by atoms with van der Waals surface area (Å²) in [6.07, 6.45) is 1.43. The van der Waals surface area contributed by atoms with Gasteiger partial charge in [0.2, 0.25) is 11.9 Å². The van der Waals surface area contributed by atoms with Crippen molar-refractivity contribution in [3.63, 3.8) is 0 Å². The van der Waals surface area contributed by atoms with Crippen LogP contribution in [0.5, 0.6) is 0 Å². The predicted octanol–water partition coefficient (Wildman–Crippen LogP) is 1.50. The van der Waals surface area contributed by atoms with E-state index < -0.39 is 0 Å². The van der Waals surface area contributed by atoms with Crippen molar-refractivity contribution >= 4 is 27.8 Å². The minimum atomic E-state index is -0.139. The van der Waals surface area contributed by atoms with Gasteiger partial charge in [0, 0.05) is 4.47 Å². The van der Waals surface area contributed by atoms with Crippen LogP contribution in [0.15, 0.2) is 35.1 Å². The number of nitrogen functional groups attached to an aromatic ring is 1.